The van der Waals surface area contributed by atoms with Gasteiger partial charge in [0.15, 0.2) is 0 Å². The van der Waals surface area contributed by atoms with Gasteiger partial charge in [-0.15, -0.1) is 0 Å². The Morgan fingerprint density at radius 3 is 1.67 bits per heavy atom. The van der Waals surface area contributed by atoms with Gasteiger partial charge in [0.1, 0.15) is 0 Å². The summed E-state index contributed by atoms with van der Waals surface area (Å²) in [6, 6.07) is 0. The molecule has 0 spiro atoms. The van der Waals surface area contributed by atoms with E-state index < -0.39 is 0 Å². The van der Waals surface area contributed by atoms with Gasteiger partial charge in [0.2, 0.25) is 5.24 Å². The number of hydrogen-bond acceptors (Lipinski definition) is 1. The maximum absolute atomic E-state index is 11.2. The Bertz CT molecular complexity index is 168. The Morgan fingerprint density at radius 2 is 1.42 bits per heavy atom. The molecule has 0 atom stereocenters. The Balaban J connectivity index is 2.13. The van der Waals surface area contributed by atoms with Crippen LogP contribution in [0, 0.1) is 17.8 Å². The molecule has 0 N–H and O–H groups in total. The normalized spacial score (nSPS) is 40.9. The minimum Gasteiger partial charge on any atom is -0.281 e. The van der Waals surface area contributed by atoms with Crippen molar-refractivity contribution in [1.82, 2.24) is 0 Å². The number of rotatable bonds is 1. The number of carbonyl (C=O) groups excluding carboxylic acids is 1. The number of hydrogen-bond donors (Lipinski definition) is 0. The molecule has 0 aromatic heterocycles. The maximum Gasteiger partial charge on any atom is 0.225 e. The zero-order valence-electron chi connectivity index (χ0n) is 7.26. The Hall–Kier alpha value is -0.0400. The van der Waals surface area contributed by atoms with Crippen molar-refractivity contribution < 1.29 is 4.79 Å². The highest BCUT2D eigenvalue weighted by molar-refractivity contribution is 6.64. The highest BCUT2D eigenvalue weighted by atomic mass is 35.5. The molecule has 0 unspecified atom stereocenters. The summed E-state index contributed by atoms with van der Waals surface area (Å²) in [6.45, 7) is 0. The molecule has 0 aliphatic heterocycles. The molecule has 0 saturated heterocycles. The molecule has 2 rings (SSSR count). The van der Waals surface area contributed by atoms with E-state index in [0.717, 1.165) is 0 Å². The van der Waals surface area contributed by atoms with Crippen LogP contribution in [0.1, 0.15) is 38.5 Å². The lowest BCUT2D eigenvalue weighted by Gasteiger charge is -2.40. The summed E-state index contributed by atoms with van der Waals surface area (Å²) >= 11 is 5.62. The van der Waals surface area contributed by atoms with Gasteiger partial charge in [0.25, 0.3) is 0 Å². The van der Waals surface area contributed by atoms with Crippen LogP contribution in [0.3, 0.4) is 0 Å². The summed E-state index contributed by atoms with van der Waals surface area (Å²) in [5, 5.41) is -0.0654. The van der Waals surface area contributed by atoms with E-state index in [-0.39, 0.29) is 11.2 Å². The standard InChI is InChI=1S/C10H15ClO/c11-10(12)9-7-3-1-4-8(9)6-2-5-7/h7-9H,1-6H2. The minimum absolute atomic E-state index is 0.0654. The summed E-state index contributed by atoms with van der Waals surface area (Å²) in [6.07, 6.45) is 7.57. The van der Waals surface area contributed by atoms with Crippen LogP contribution in [-0.2, 0) is 4.79 Å². The molecule has 2 heteroatoms. The van der Waals surface area contributed by atoms with E-state index in [2.05, 4.69) is 0 Å². The predicted molar refractivity (Wildman–Crippen MR) is 49.0 cm³/mol. The summed E-state index contributed by atoms with van der Waals surface area (Å²) < 4.78 is 0. The van der Waals surface area contributed by atoms with Crippen molar-refractivity contribution in [2.45, 2.75) is 38.5 Å². The quantitative estimate of drug-likeness (QED) is 0.576. The van der Waals surface area contributed by atoms with E-state index in [4.69, 9.17) is 11.6 Å². The predicted octanol–water partition coefficient (Wildman–Crippen LogP) is 2.97. The summed E-state index contributed by atoms with van der Waals surface area (Å²) in [4.78, 5) is 11.2. The van der Waals surface area contributed by atoms with Crippen LogP contribution in [0.2, 0.25) is 0 Å². The van der Waals surface area contributed by atoms with Crippen molar-refractivity contribution in [1.29, 1.82) is 0 Å². The number of fused-ring (bicyclic) bond motifs is 2. The molecule has 68 valence electrons. The van der Waals surface area contributed by atoms with E-state index in [1.165, 1.54) is 38.5 Å². The van der Waals surface area contributed by atoms with E-state index >= 15 is 0 Å². The lowest BCUT2D eigenvalue weighted by molar-refractivity contribution is -0.121. The molecule has 12 heavy (non-hydrogen) atoms. The monoisotopic (exact) mass is 186 g/mol. The Morgan fingerprint density at radius 1 is 1.00 bits per heavy atom. The van der Waals surface area contributed by atoms with Crippen molar-refractivity contribution in [3.05, 3.63) is 0 Å². The molecule has 2 aliphatic rings. The highest BCUT2D eigenvalue weighted by Gasteiger charge is 2.39. The van der Waals surface area contributed by atoms with Crippen LogP contribution in [0.5, 0.6) is 0 Å². The summed E-state index contributed by atoms with van der Waals surface area (Å²) in [5.41, 5.74) is 0. The van der Waals surface area contributed by atoms with Gasteiger partial charge in [-0.1, -0.05) is 12.8 Å². The summed E-state index contributed by atoms with van der Waals surface area (Å²) in [5.74, 6) is 1.47. The molecule has 0 aromatic rings. The van der Waals surface area contributed by atoms with Gasteiger partial charge in [-0.05, 0) is 49.1 Å². The molecule has 1 nitrogen and oxygen atoms in total. The van der Waals surface area contributed by atoms with Crippen LogP contribution in [0.15, 0.2) is 0 Å². The molecular weight excluding hydrogens is 172 g/mol. The van der Waals surface area contributed by atoms with Crippen molar-refractivity contribution in [2.24, 2.45) is 17.8 Å². The van der Waals surface area contributed by atoms with Gasteiger partial charge < -0.3 is 0 Å². The van der Waals surface area contributed by atoms with E-state index in [9.17, 15) is 4.79 Å². The largest absolute Gasteiger partial charge is 0.281 e. The van der Waals surface area contributed by atoms with Gasteiger partial charge >= 0.3 is 0 Å². The molecule has 0 aromatic carbocycles. The van der Waals surface area contributed by atoms with Gasteiger partial charge in [-0.2, -0.15) is 0 Å². The summed E-state index contributed by atoms with van der Waals surface area (Å²) in [7, 11) is 0. The van der Waals surface area contributed by atoms with Crippen LogP contribution in [0.4, 0.5) is 0 Å². The molecule has 2 bridgehead atoms. The van der Waals surface area contributed by atoms with Gasteiger partial charge in [0, 0.05) is 5.92 Å². The Kier molecular flexibility index (Phi) is 2.40. The second kappa shape index (κ2) is 3.37. The third-order valence-corrected chi connectivity index (χ3v) is 3.83. The molecule has 0 heterocycles. The maximum atomic E-state index is 11.2. The molecule has 2 fully saturated rings. The second-order valence-corrected chi connectivity index (χ2v) is 4.58. The fourth-order valence-corrected chi connectivity index (χ4v) is 3.40. The number of carbonyl (C=O) groups is 1. The fraction of sp³-hybridized carbons (Fsp3) is 0.900. The van der Waals surface area contributed by atoms with Gasteiger partial charge in [-0.3, -0.25) is 4.79 Å². The smallest absolute Gasteiger partial charge is 0.225 e. The first-order chi connectivity index (χ1) is 5.79. The molecule has 0 amide bonds. The van der Waals surface area contributed by atoms with Gasteiger partial charge in [-0.25, -0.2) is 0 Å². The van der Waals surface area contributed by atoms with Crippen LogP contribution in [0.25, 0.3) is 0 Å². The third-order valence-electron chi connectivity index (χ3n) is 3.58. The lowest BCUT2D eigenvalue weighted by atomic mass is 9.65. The lowest BCUT2D eigenvalue weighted by Crippen LogP contribution is -2.35. The average molecular weight is 187 g/mol. The van der Waals surface area contributed by atoms with Crippen LogP contribution in [-0.4, -0.2) is 5.24 Å². The Labute approximate surface area is 78.5 Å². The van der Waals surface area contributed by atoms with Crippen molar-refractivity contribution in [3.63, 3.8) is 0 Å². The molecular formula is C10H15ClO. The topological polar surface area (TPSA) is 17.1 Å². The zero-order chi connectivity index (χ0) is 8.55. The first kappa shape index (κ1) is 8.55. The van der Waals surface area contributed by atoms with Crippen LogP contribution < -0.4 is 0 Å². The van der Waals surface area contributed by atoms with E-state index in [1.807, 2.05) is 0 Å². The molecule has 0 radical (unpaired) electrons. The zero-order valence-corrected chi connectivity index (χ0v) is 8.02. The second-order valence-electron chi connectivity index (χ2n) is 4.21. The van der Waals surface area contributed by atoms with Crippen molar-refractivity contribution in [2.75, 3.05) is 0 Å². The molecule has 2 saturated carbocycles. The van der Waals surface area contributed by atoms with E-state index in [1.54, 1.807) is 0 Å². The highest BCUT2D eigenvalue weighted by Crippen LogP contribution is 2.45. The van der Waals surface area contributed by atoms with Crippen molar-refractivity contribution >= 4 is 16.8 Å². The first-order valence-electron chi connectivity index (χ1n) is 4.98. The third kappa shape index (κ3) is 1.39. The first-order valence-corrected chi connectivity index (χ1v) is 5.36. The van der Waals surface area contributed by atoms with Crippen molar-refractivity contribution in [3.8, 4) is 0 Å². The van der Waals surface area contributed by atoms with E-state index in [0.29, 0.717) is 11.8 Å². The van der Waals surface area contributed by atoms with Crippen LogP contribution >= 0.6 is 11.6 Å². The SMILES string of the molecule is O=C(Cl)C1C2CCCC1CCC2. The molecule has 2 aliphatic carbocycles. The number of halogens is 1. The average Bonchev–Trinajstić information content (AvgIpc) is 2.02. The van der Waals surface area contributed by atoms with Gasteiger partial charge in [0.05, 0.1) is 0 Å². The minimum atomic E-state index is -0.0654. The fourth-order valence-electron chi connectivity index (χ4n) is 3.05.